The third kappa shape index (κ3) is 6.23. The molecule has 0 saturated carbocycles. The zero-order chi connectivity index (χ0) is 22.2. The molecule has 2 aliphatic rings. The fourth-order valence-corrected chi connectivity index (χ4v) is 4.03. The second-order valence-corrected chi connectivity index (χ2v) is 8.31. The molecular formula is C25H31N3O4. The summed E-state index contributed by atoms with van der Waals surface area (Å²) in [5, 5.41) is 5.97. The van der Waals surface area contributed by atoms with Crippen molar-refractivity contribution in [2.24, 2.45) is 0 Å². The SMILES string of the molecule is O=C(CNc1cccc(C(=O)N2CCCCC2)c1)Nc1ccc(OCC2CCCO2)cc1. The number of amides is 2. The van der Waals surface area contributed by atoms with Gasteiger partial charge in [-0.2, -0.15) is 0 Å². The van der Waals surface area contributed by atoms with Gasteiger partial charge in [-0.05, 0) is 74.6 Å². The van der Waals surface area contributed by atoms with Crippen LogP contribution in [0.5, 0.6) is 5.75 Å². The lowest BCUT2D eigenvalue weighted by molar-refractivity contribution is -0.114. The van der Waals surface area contributed by atoms with Gasteiger partial charge in [-0.15, -0.1) is 0 Å². The summed E-state index contributed by atoms with van der Waals surface area (Å²) in [6, 6.07) is 14.7. The average Bonchev–Trinajstić information content (AvgIpc) is 3.36. The average molecular weight is 438 g/mol. The minimum absolute atomic E-state index is 0.0552. The second-order valence-electron chi connectivity index (χ2n) is 8.31. The van der Waals surface area contributed by atoms with Gasteiger partial charge in [0.2, 0.25) is 5.91 Å². The lowest BCUT2D eigenvalue weighted by Gasteiger charge is -2.26. The van der Waals surface area contributed by atoms with E-state index in [0.717, 1.165) is 56.8 Å². The number of ether oxygens (including phenoxy) is 2. The van der Waals surface area contributed by atoms with E-state index in [2.05, 4.69) is 10.6 Å². The fourth-order valence-electron chi connectivity index (χ4n) is 4.03. The van der Waals surface area contributed by atoms with Gasteiger partial charge in [0.1, 0.15) is 12.4 Å². The highest BCUT2D eigenvalue weighted by atomic mass is 16.5. The highest BCUT2D eigenvalue weighted by molar-refractivity contribution is 5.96. The third-order valence-electron chi connectivity index (χ3n) is 5.80. The molecule has 170 valence electrons. The summed E-state index contributed by atoms with van der Waals surface area (Å²) in [6.45, 7) is 3.10. The molecule has 2 heterocycles. The molecule has 2 aromatic carbocycles. The van der Waals surface area contributed by atoms with Gasteiger partial charge in [0.25, 0.3) is 5.91 Å². The number of hydrogen-bond acceptors (Lipinski definition) is 5. The van der Waals surface area contributed by atoms with Crippen molar-refractivity contribution in [1.82, 2.24) is 4.90 Å². The van der Waals surface area contributed by atoms with E-state index in [1.807, 2.05) is 53.4 Å². The van der Waals surface area contributed by atoms with Crippen molar-refractivity contribution in [2.45, 2.75) is 38.2 Å². The molecule has 0 radical (unpaired) electrons. The molecule has 0 aromatic heterocycles. The van der Waals surface area contributed by atoms with Crippen LogP contribution in [0, 0.1) is 0 Å². The van der Waals surface area contributed by atoms with Crippen molar-refractivity contribution in [1.29, 1.82) is 0 Å². The quantitative estimate of drug-likeness (QED) is 0.654. The van der Waals surface area contributed by atoms with Crippen LogP contribution >= 0.6 is 0 Å². The fraction of sp³-hybridized carbons (Fsp3) is 0.440. The van der Waals surface area contributed by atoms with Crippen LogP contribution in [0.25, 0.3) is 0 Å². The van der Waals surface area contributed by atoms with Crippen molar-refractivity contribution in [2.75, 3.05) is 43.5 Å². The molecule has 0 aliphatic carbocycles. The van der Waals surface area contributed by atoms with Gasteiger partial charge in [0, 0.05) is 36.6 Å². The molecule has 1 unspecified atom stereocenters. The van der Waals surface area contributed by atoms with E-state index in [1.54, 1.807) is 0 Å². The van der Waals surface area contributed by atoms with E-state index in [4.69, 9.17) is 9.47 Å². The first-order valence-electron chi connectivity index (χ1n) is 11.4. The number of nitrogens with zero attached hydrogens (tertiary/aromatic N) is 1. The highest BCUT2D eigenvalue weighted by Crippen LogP contribution is 2.19. The zero-order valence-corrected chi connectivity index (χ0v) is 18.3. The van der Waals surface area contributed by atoms with Gasteiger partial charge in [-0.25, -0.2) is 0 Å². The summed E-state index contributed by atoms with van der Waals surface area (Å²) in [5.41, 5.74) is 2.10. The van der Waals surface area contributed by atoms with E-state index < -0.39 is 0 Å². The van der Waals surface area contributed by atoms with Gasteiger partial charge in [0.15, 0.2) is 0 Å². The Labute approximate surface area is 189 Å². The predicted molar refractivity (Wildman–Crippen MR) is 124 cm³/mol. The molecule has 4 rings (SSSR count). The van der Waals surface area contributed by atoms with Crippen molar-refractivity contribution in [3.05, 3.63) is 54.1 Å². The van der Waals surface area contributed by atoms with Gasteiger partial charge in [-0.3, -0.25) is 9.59 Å². The van der Waals surface area contributed by atoms with Crippen molar-refractivity contribution < 1.29 is 19.1 Å². The molecule has 0 bridgehead atoms. The third-order valence-corrected chi connectivity index (χ3v) is 5.80. The molecule has 0 spiro atoms. The van der Waals surface area contributed by atoms with Gasteiger partial charge >= 0.3 is 0 Å². The van der Waals surface area contributed by atoms with Gasteiger partial charge in [-0.1, -0.05) is 6.07 Å². The number of rotatable bonds is 8. The Bertz CT molecular complexity index is 904. The van der Waals surface area contributed by atoms with E-state index in [0.29, 0.717) is 17.9 Å². The maximum absolute atomic E-state index is 12.7. The summed E-state index contributed by atoms with van der Waals surface area (Å²) in [4.78, 5) is 26.9. The molecule has 7 heteroatoms. The predicted octanol–water partition coefficient (Wildman–Crippen LogP) is 3.92. The first kappa shape index (κ1) is 22.1. The van der Waals surface area contributed by atoms with Crippen molar-refractivity contribution in [3.8, 4) is 5.75 Å². The molecule has 2 aromatic rings. The van der Waals surface area contributed by atoms with E-state index in [-0.39, 0.29) is 24.5 Å². The summed E-state index contributed by atoms with van der Waals surface area (Å²) in [6.07, 6.45) is 5.61. The molecule has 1 atom stereocenters. The van der Waals surface area contributed by atoms with Crippen LogP contribution in [-0.2, 0) is 9.53 Å². The van der Waals surface area contributed by atoms with Gasteiger partial charge < -0.3 is 25.0 Å². The zero-order valence-electron chi connectivity index (χ0n) is 18.3. The Morgan fingerprint density at radius 2 is 1.81 bits per heavy atom. The van der Waals surface area contributed by atoms with Crippen LogP contribution in [0.2, 0.25) is 0 Å². The topological polar surface area (TPSA) is 79.9 Å². The highest BCUT2D eigenvalue weighted by Gasteiger charge is 2.18. The number of anilines is 2. The van der Waals surface area contributed by atoms with Crippen molar-refractivity contribution >= 4 is 23.2 Å². The molecule has 32 heavy (non-hydrogen) atoms. The summed E-state index contributed by atoms with van der Waals surface area (Å²) in [5.74, 6) is 0.650. The maximum atomic E-state index is 12.7. The molecule has 2 aliphatic heterocycles. The number of nitrogens with one attached hydrogen (secondary N) is 2. The Morgan fingerprint density at radius 3 is 2.56 bits per heavy atom. The summed E-state index contributed by atoms with van der Waals surface area (Å²) < 4.78 is 11.3. The molecule has 7 nitrogen and oxygen atoms in total. The number of likely N-dealkylation sites (tertiary alicyclic amines) is 1. The Kier molecular flexibility index (Phi) is 7.61. The van der Waals surface area contributed by atoms with Crippen LogP contribution in [0.4, 0.5) is 11.4 Å². The lowest BCUT2D eigenvalue weighted by Crippen LogP contribution is -2.35. The number of carbonyl (C=O) groups excluding carboxylic acids is 2. The minimum atomic E-state index is -0.161. The van der Waals surface area contributed by atoms with Crippen LogP contribution in [0.1, 0.15) is 42.5 Å². The first-order valence-corrected chi connectivity index (χ1v) is 11.4. The van der Waals surface area contributed by atoms with Crippen LogP contribution in [-0.4, -0.2) is 55.7 Å². The standard InChI is InChI=1S/C25H31N3O4/c29-24(27-20-9-11-22(12-10-20)32-18-23-8-5-15-31-23)17-26-21-7-4-6-19(16-21)25(30)28-13-2-1-3-14-28/h4,6-7,9-12,16,23,26H,1-3,5,8,13-15,17-18H2,(H,27,29). The van der Waals surface area contributed by atoms with Crippen LogP contribution in [0.3, 0.4) is 0 Å². The molecule has 2 fully saturated rings. The van der Waals surface area contributed by atoms with E-state index in [9.17, 15) is 9.59 Å². The summed E-state index contributed by atoms with van der Waals surface area (Å²) in [7, 11) is 0. The van der Waals surface area contributed by atoms with Crippen molar-refractivity contribution in [3.63, 3.8) is 0 Å². The molecule has 2 N–H and O–H groups in total. The molecule has 2 saturated heterocycles. The maximum Gasteiger partial charge on any atom is 0.253 e. The Hall–Kier alpha value is -3.06. The Morgan fingerprint density at radius 1 is 1.00 bits per heavy atom. The number of hydrogen-bond donors (Lipinski definition) is 2. The van der Waals surface area contributed by atoms with Gasteiger partial charge in [0.05, 0.1) is 12.6 Å². The largest absolute Gasteiger partial charge is 0.491 e. The normalized spacial score (nSPS) is 18.2. The summed E-state index contributed by atoms with van der Waals surface area (Å²) >= 11 is 0. The van der Waals surface area contributed by atoms with Crippen LogP contribution in [0.15, 0.2) is 48.5 Å². The van der Waals surface area contributed by atoms with E-state index >= 15 is 0 Å². The first-order chi connectivity index (χ1) is 15.7. The molecular weight excluding hydrogens is 406 g/mol. The number of benzene rings is 2. The van der Waals surface area contributed by atoms with E-state index in [1.165, 1.54) is 6.42 Å². The monoisotopic (exact) mass is 437 g/mol. The second kappa shape index (κ2) is 11.0. The molecule has 2 amide bonds. The van der Waals surface area contributed by atoms with Crippen LogP contribution < -0.4 is 15.4 Å². The Balaban J connectivity index is 1.23. The minimum Gasteiger partial charge on any atom is -0.491 e. The number of piperidine rings is 1. The number of carbonyl (C=O) groups is 2. The lowest BCUT2D eigenvalue weighted by atomic mass is 10.1. The smallest absolute Gasteiger partial charge is 0.253 e.